The molecule has 3 atom stereocenters. The maximum atomic E-state index is 11.0. The summed E-state index contributed by atoms with van der Waals surface area (Å²) in [6.45, 7) is 5.84. The van der Waals surface area contributed by atoms with Crippen molar-refractivity contribution in [3.63, 3.8) is 0 Å². The van der Waals surface area contributed by atoms with Crippen molar-refractivity contribution < 1.29 is 17.3 Å². The standard InChI is InChI=1S/C10H20O4S/c1-7-5-10(6-8(2)13-7)9(3)14-15(4,11)12/h7-10H,5-6H2,1-4H3/t7-,8-,9?/m0/s1. The van der Waals surface area contributed by atoms with Gasteiger partial charge in [0, 0.05) is 0 Å². The Morgan fingerprint density at radius 2 is 1.73 bits per heavy atom. The van der Waals surface area contributed by atoms with Gasteiger partial charge in [0.1, 0.15) is 0 Å². The lowest BCUT2D eigenvalue weighted by atomic mass is 9.89. The monoisotopic (exact) mass is 236 g/mol. The molecule has 0 radical (unpaired) electrons. The van der Waals surface area contributed by atoms with Crippen LogP contribution in [0, 0.1) is 5.92 Å². The fourth-order valence-electron chi connectivity index (χ4n) is 2.19. The molecular weight excluding hydrogens is 216 g/mol. The third-order valence-electron chi connectivity index (χ3n) is 2.72. The van der Waals surface area contributed by atoms with E-state index in [4.69, 9.17) is 8.92 Å². The van der Waals surface area contributed by atoms with Crippen molar-refractivity contribution in [1.82, 2.24) is 0 Å². The van der Waals surface area contributed by atoms with Crippen LogP contribution in [-0.4, -0.2) is 33.0 Å². The highest BCUT2D eigenvalue weighted by atomic mass is 32.2. The van der Waals surface area contributed by atoms with Gasteiger partial charge in [0.2, 0.25) is 0 Å². The Balaban J connectivity index is 2.55. The largest absolute Gasteiger partial charge is 0.376 e. The molecule has 4 nitrogen and oxygen atoms in total. The zero-order valence-electron chi connectivity index (χ0n) is 9.76. The van der Waals surface area contributed by atoms with Crippen molar-refractivity contribution in [3.8, 4) is 0 Å². The molecule has 1 unspecified atom stereocenters. The molecule has 1 heterocycles. The SMILES string of the molecule is CC(OS(C)(=O)=O)C1C[C@H](C)O[C@@H](C)C1. The maximum absolute atomic E-state index is 11.0. The van der Waals surface area contributed by atoms with Crippen LogP contribution in [0.15, 0.2) is 0 Å². The van der Waals surface area contributed by atoms with Crippen molar-refractivity contribution >= 4 is 10.1 Å². The highest BCUT2D eigenvalue weighted by Gasteiger charge is 2.30. The molecule has 1 fully saturated rings. The quantitative estimate of drug-likeness (QED) is 0.698. The van der Waals surface area contributed by atoms with Crippen molar-refractivity contribution in [3.05, 3.63) is 0 Å². The maximum Gasteiger partial charge on any atom is 0.264 e. The summed E-state index contributed by atoms with van der Waals surface area (Å²) in [4.78, 5) is 0. The summed E-state index contributed by atoms with van der Waals surface area (Å²) in [6.07, 6.45) is 2.93. The predicted octanol–water partition coefficient (Wildman–Crippen LogP) is 1.55. The molecule has 0 aromatic carbocycles. The highest BCUT2D eigenvalue weighted by Crippen LogP contribution is 2.29. The van der Waals surface area contributed by atoms with E-state index in [-0.39, 0.29) is 24.2 Å². The van der Waals surface area contributed by atoms with Crippen molar-refractivity contribution in [2.75, 3.05) is 6.26 Å². The van der Waals surface area contributed by atoms with Crippen LogP contribution < -0.4 is 0 Å². The van der Waals surface area contributed by atoms with Crippen molar-refractivity contribution in [1.29, 1.82) is 0 Å². The number of hydrogen-bond donors (Lipinski definition) is 0. The lowest BCUT2D eigenvalue weighted by molar-refractivity contribution is -0.0707. The van der Waals surface area contributed by atoms with E-state index in [0.29, 0.717) is 0 Å². The number of ether oxygens (including phenoxy) is 1. The van der Waals surface area contributed by atoms with E-state index in [1.807, 2.05) is 20.8 Å². The minimum atomic E-state index is -3.35. The van der Waals surface area contributed by atoms with E-state index in [1.54, 1.807) is 0 Å². The van der Waals surface area contributed by atoms with Gasteiger partial charge in [-0.25, -0.2) is 0 Å². The van der Waals surface area contributed by atoms with Gasteiger partial charge in [0.25, 0.3) is 10.1 Å². The lowest BCUT2D eigenvalue weighted by Gasteiger charge is -2.34. The number of rotatable bonds is 3. The summed E-state index contributed by atoms with van der Waals surface area (Å²) < 4.78 is 32.6. The predicted molar refractivity (Wildman–Crippen MR) is 58.1 cm³/mol. The van der Waals surface area contributed by atoms with Gasteiger partial charge in [0.15, 0.2) is 0 Å². The van der Waals surface area contributed by atoms with Gasteiger partial charge < -0.3 is 4.74 Å². The smallest absolute Gasteiger partial charge is 0.264 e. The van der Waals surface area contributed by atoms with Gasteiger partial charge in [0.05, 0.1) is 24.6 Å². The van der Waals surface area contributed by atoms with Gasteiger partial charge in [-0.3, -0.25) is 4.18 Å². The van der Waals surface area contributed by atoms with E-state index in [9.17, 15) is 8.42 Å². The van der Waals surface area contributed by atoms with Gasteiger partial charge in [-0.15, -0.1) is 0 Å². The first-order valence-electron chi connectivity index (χ1n) is 5.31. The first-order chi connectivity index (χ1) is 6.78. The molecule has 0 bridgehead atoms. The van der Waals surface area contributed by atoms with Crippen LogP contribution in [-0.2, 0) is 19.0 Å². The zero-order chi connectivity index (χ0) is 11.6. The Morgan fingerprint density at radius 3 is 2.13 bits per heavy atom. The van der Waals surface area contributed by atoms with Crippen LogP contribution in [0.5, 0.6) is 0 Å². The van der Waals surface area contributed by atoms with Gasteiger partial charge in [-0.05, 0) is 39.5 Å². The minimum Gasteiger partial charge on any atom is -0.376 e. The Kier molecular flexibility index (Phi) is 4.14. The first-order valence-corrected chi connectivity index (χ1v) is 7.13. The third kappa shape index (κ3) is 4.49. The van der Waals surface area contributed by atoms with Crippen molar-refractivity contribution in [2.24, 2.45) is 5.92 Å². The molecule has 0 aromatic rings. The molecule has 1 saturated heterocycles. The summed E-state index contributed by atoms with van der Waals surface area (Å²) in [6, 6.07) is 0. The van der Waals surface area contributed by atoms with E-state index >= 15 is 0 Å². The first kappa shape index (κ1) is 12.9. The van der Waals surface area contributed by atoms with E-state index < -0.39 is 10.1 Å². The molecule has 0 aromatic heterocycles. The van der Waals surface area contributed by atoms with Gasteiger partial charge >= 0.3 is 0 Å². The topological polar surface area (TPSA) is 52.6 Å². The van der Waals surface area contributed by atoms with Crippen LogP contribution in [0.25, 0.3) is 0 Å². The molecule has 0 saturated carbocycles. The molecule has 1 rings (SSSR count). The Labute approximate surface area is 92.1 Å². The third-order valence-corrected chi connectivity index (χ3v) is 3.38. The summed E-state index contributed by atoms with van der Waals surface area (Å²) in [5, 5.41) is 0. The highest BCUT2D eigenvalue weighted by molar-refractivity contribution is 7.86. The Morgan fingerprint density at radius 1 is 1.27 bits per heavy atom. The molecule has 1 aliphatic rings. The summed E-state index contributed by atoms with van der Waals surface area (Å²) >= 11 is 0. The zero-order valence-corrected chi connectivity index (χ0v) is 10.6. The van der Waals surface area contributed by atoms with Crippen LogP contribution in [0.2, 0.25) is 0 Å². The second kappa shape index (κ2) is 4.80. The molecule has 0 amide bonds. The molecule has 15 heavy (non-hydrogen) atoms. The molecule has 1 aliphatic heterocycles. The van der Waals surface area contributed by atoms with Crippen LogP contribution >= 0.6 is 0 Å². The summed E-state index contributed by atoms with van der Waals surface area (Å²) in [5.74, 6) is 0.262. The minimum absolute atomic E-state index is 0.185. The summed E-state index contributed by atoms with van der Waals surface area (Å²) in [7, 11) is -3.35. The van der Waals surface area contributed by atoms with E-state index in [2.05, 4.69) is 0 Å². The normalized spacial score (nSPS) is 35.1. The lowest BCUT2D eigenvalue weighted by Crippen LogP contribution is -2.36. The fraction of sp³-hybridized carbons (Fsp3) is 1.00. The average Bonchev–Trinajstić information content (AvgIpc) is 1.98. The van der Waals surface area contributed by atoms with E-state index in [1.165, 1.54) is 0 Å². The van der Waals surface area contributed by atoms with E-state index in [0.717, 1.165) is 19.1 Å². The Bertz CT molecular complexity index is 289. The molecule has 0 spiro atoms. The molecule has 0 N–H and O–H groups in total. The fourth-order valence-corrected chi connectivity index (χ4v) is 2.90. The second-order valence-electron chi connectivity index (χ2n) is 4.49. The number of hydrogen-bond acceptors (Lipinski definition) is 4. The molecular formula is C10H20O4S. The van der Waals surface area contributed by atoms with Crippen molar-refractivity contribution in [2.45, 2.75) is 51.9 Å². The molecule has 5 heteroatoms. The molecule has 90 valence electrons. The summed E-state index contributed by atoms with van der Waals surface area (Å²) in [5.41, 5.74) is 0. The second-order valence-corrected chi connectivity index (χ2v) is 6.09. The van der Waals surface area contributed by atoms with Gasteiger partial charge in [-0.2, -0.15) is 8.42 Å². The Hall–Kier alpha value is -0.130. The van der Waals surface area contributed by atoms with Crippen LogP contribution in [0.1, 0.15) is 33.6 Å². The average molecular weight is 236 g/mol. The van der Waals surface area contributed by atoms with Crippen LogP contribution in [0.3, 0.4) is 0 Å². The van der Waals surface area contributed by atoms with Gasteiger partial charge in [-0.1, -0.05) is 0 Å². The molecule has 0 aliphatic carbocycles. The van der Waals surface area contributed by atoms with Crippen LogP contribution in [0.4, 0.5) is 0 Å².